The van der Waals surface area contributed by atoms with Gasteiger partial charge >= 0.3 is 0 Å². The van der Waals surface area contributed by atoms with Crippen LogP contribution in [0, 0.1) is 5.82 Å². The normalized spacial score (nSPS) is 12.6. The van der Waals surface area contributed by atoms with Gasteiger partial charge in [0.25, 0.3) is 11.8 Å². The average Bonchev–Trinajstić information content (AvgIpc) is 3.13. The number of carbonyl (C=O) groups excluding carboxylic acids is 2. The molecule has 4 rings (SSSR count). The standard InChI is InChI=1S/C19H14FN3O2S2/c20-12-2-4-16-14(8-12)19(25)23-15-7-11(1-3-17(15)27-16)18(24)22-6-5-13-9-21-10-26-13/h1-4,7-10H,5-6H2,(H,22,24)(H,23,25). The molecule has 1 aromatic heterocycles. The molecule has 0 fully saturated rings. The molecular formula is C19H14FN3O2S2. The van der Waals surface area contributed by atoms with Gasteiger partial charge < -0.3 is 10.6 Å². The molecule has 1 aliphatic rings. The van der Waals surface area contributed by atoms with Gasteiger partial charge in [-0.1, -0.05) is 11.8 Å². The zero-order valence-corrected chi connectivity index (χ0v) is 15.6. The minimum Gasteiger partial charge on any atom is -0.352 e. The van der Waals surface area contributed by atoms with Crippen LogP contribution in [-0.4, -0.2) is 23.3 Å². The minimum atomic E-state index is -0.462. The van der Waals surface area contributed by atoms with Crippen LogP contribution in [0.25, 0.3) is 0 Å². The van der Waals surface area contributed by atoms with E-state index in [0.717, 1.165) is 16.2 Å². The van der Waals surface area contributed by atoms with Crippen LogP contribution in [-0.2, 0) is 6.42 Å². The summed E-state index contributed by atoms with van der Waals surface area (Å²) in [7, 11) is 0. The smallest absolute Gasteiger partial charge is 0.256 e. The van der Waals surface area contributed by atoms with Gasteiger partial charge in [-0.25, -0.2) is 4.39 Å². The summed E-state index contributed by atoms with van der Waals surface area (Å²) in [6, 6.07) is 9.28. The van der Waals surface area contributed by atoms with Crippen molar-refractivity contribution in [2.24, 2.45) is 0 Å². The van der Waals surface area contributed by atoms with E-state index in [9.17, 15) is 14.0 Å². The fourth-order valence-corrected chi connectivity index (χ4v) is 4.29. The maximum atomic E-state index is 13.5. The van der Waals surface area contributed by atoms with Gasteiger partial charge in [-0.2, -0.15) is 0 Å². The molecule has 5 nitrogen and oxygen atoms in total. The average molecular weight is 399 g/mol. The molecular weight excluding hydrogens is 385 g/mol. The summed E-state index contributed by atoms with van der Waals surface area (Å²) in [5, 5.41) is 5.63. The number of rotatable bonds is 4. The lowest BCUT2D eigenvalue weighted by atomic mass is 10.1. The fourth-order valence-electron chi connectivity index (χ4n) is 2.70. The SMILES string of the molecule is O=C(NCCc1cncs1)c1ccc2c(c1)NC(=O)c1cc(F)ccc1S2. The van der Waals surface area contributed by atoms with Gasteiger partial charge in [-0.3, -0.25) is 14.6 Å². The molecule has 2 heterocycles. The Morgan fingerprint density at radius 1 is 1.19 bits per heavy atom. The number of hydrogen-bond donors (Lipinski definition) is 2. The molecule has 0 unspecified atom stereocenters. The molecule has 0 atom stereocenters. The number of hydrogen-bond acceptors (Lipinski definition) is 5. The van der Waals surface area contributed by atoms with Crippen LogP contribution in [0.4, 0.5) is 10.1 Å². The fraction of sp³-hybridized carbons (Fsp3) is 0.105. The first kappa shape index (κ1) is 17.7. The van der Waals surface area contributed by atoms with E-state index in [0.29, 0.717) is 22.7 Å². The largest absolute Gasteiger partial charge is 0.352 e. The number of fused-ring (bicyclic) bond motifs is 2. The van der Waals surface area contributed by atoms with Gasteiger partial charge in [0.1, 0.15) is 5.82 Å². The van der Waals surface area contributed by atoms with Crippen molar-refractivity contribution in [3.63, 3.8) is 0 Å². The number of aromatic nitrogens is 1. The van der Waals surface area contributed by atoms with E-state index in [1.165, 1.54) is 23.9 Å². The van der Waals surface area contributed by atoms with Crippen molar-refractivity contribution in [1.29, 1.82) is 0 Å². The highest BCUT2D eigenvalue weighted by atomic mass is 32.2. The Kier molecular flexibility index (Phi) is 4.91. The lowest BCUT2D eigenvalue weighted by molar-refractivity contribution is 0.0952. The Labute approximate surface area is 163 Å². The molecule has 1 aliphatic heterocycles. The van der Waals surface area contributed by atoms with E-state index >= 15 is 0 Å². The Bertz CT molecular complexity index is 1020. The van der Waals surface area contributed by atoms with Crippen LogP contribution in [0.15, 0.2) is 57.9 Å². The Balaban J connectivity index is 1.50. The monoisotopic (exact) mass is 399 g/mol. The van der Waals surface area contributed by atoms with E-state index in [2.05, 4.69) is 15.6 Å². The summed E-state index contributed by atoms with van der Waals surface area (Å²) in [6.07, 6.45) is 2.50. The highest BCUT2D eigenvalue weighted by molar-refractivity contribution is 7.99. The summed E-state index contributed by atoms with van der Waals surface area (Å²) in [6.45, 7) is 0.504. The summed E-state index contributed by atoms with van der Waals surface area (Å²) in [5.41, 5.74) is 3.04. The number of amides is 2. The molecule has 0 aliphatic carbocycles. The maximum absolute atomic E-state index is 13.5. The number of nitrogens with zero attached hydrogens (tertiary/aromatic N) is 1. The van der Waals surface area contributed by atoms with Gasteiger partial charge in [-0.05, 0) is 36.4 Å². The van der Waals surface area contributed by atoms with Crippen molar-refractivity contribution in [2.45, 2.75) is 16.2 Å². The molecule has 0 radical (unpaired) electrons. The molecule has 0 saturated carbocycles. The first-order valence-electron chi connectivity index (χ1n) is 8.18. The number of carbonyl (C=O) groups is 2. The van der Waals surface area contributed by atoms with Crippen LogP contribution in [0.3, 0.4) is 0 Å². The van der Waals surface area contributed by atoms with Gasteiger partial charge in [-0.15, -0.1) is 11.3 Å². The third-order valence-corrected chi connectivity index (χ3v) is 6.03. The summed E-state index contributed by atoms with van der Waals surface area (Å²) >= 11 is 2.91. The van der Waals surface area contributed by atoms with E-state index in [-0.39, 0.29) is 11.5 Å². The van der Waals surface area contributed by atoms with Crippen LogP contribution in [0.1, 0.15) is 25.6 Å². The summed E-state index contributed by atoms with van der Waals surface area (Å²) in [5.74, 6) is -1.07. The molecule has 27 heavy (non-hydrogen) atoms. The second kappa shape index (κ2) is 7.50. The number of benzene rings is 2. The van der Waals surface area contributed by atoms with Crippen molar-refractivity contribution in [3.05, 3.63) is 69.9 Å². The first-order valence-corrected chi connectivity index (χ1v) is 9.88. The molecule has 8 heteroatoms. The predicted molar refractivity (Wildman–Crippen MR) is 103 cm³/mol. The van der Waals surface area contributed by atoms with Gasteiger partial charge in [0, 0.05) is 39.4 Å². The van der Waals surface area contributed by atoms with Crippen molar-refractivity contribution in [2.75, 3.05) is 11.9 Å². The Morgan fingerprint density at radius 3 is 2.85 bits per heavy atom. The molecule has 0 spiro atoms. The van der Waals surface area contributed by atoms with Crippen molar-refractivity contribution >= 4 is 40.6 Å². The molecule has 0 saturated heterocycles. The highest BCUT2D eigenvalue weighted by Gasteiger charge is 2.21. The Hall–Kier alpha value is -2.71. The second-order valence-electron chi connectivity index (χ2n) is 5.88. The van der Waals surface area contributed by atoms with E-state index in [4.69, 9.17) is 0 Å². The van der Waals surface area contributed by atoms with Crippen molar-refractivity contribution in [1.82, 2.24) is 10.3 Å². The molecule has 3 aromatic rings. The van der Waals surface area contributed by atoms with Crippen LogP contribution in [0.2, 0.25) is 0 Å². The molecule has 2 amide bonds. The van der Waals surface area contributed by atoms with E-state index < -0.39 is 11.7 Å². The number of nitrogens with one attached hydrogen (secondary N) is 2. The second-order valence-corrected chi connectivity index (χ2v) is 7.94. The Morgan fingerprint density at radius 2 is 2.04 bits per heavy atom. The maximum Gasteiger partial charge on any atom is 0.256 e. The van der Waals surface area contributed by atoms with Crippen LogP contribution < -0.4 is 10.6 Å². The van der Waals surface area contributed by atoms with Crippen molar-refractivity contribution in [3.8, 4) is 0 Å². The third kappa shape index (κ3) is 3.86. The lowest BCUT2D eigenvalue weighted by Crippen LogP contribution is -2.25. The zero-order valence-electron chi connectivity index (χ0n) is 14.0. The highest BCUT2D eigenvalue weighted by Crippen LogP contribution is 2.39. The van der Waals surface area contributed by atoms with Gasteiger partial charge in [0.15, 0.2) is 0 Å². The molecule has 136 valence electrons. The quantitative estimate of drug-likeness (QED) is 0.696. The van der Waals surface area contributed by atoms with Crippen LogP contribution >= 0.6 is 23.1 Å². The van der Waals surface area contributed by atoms with E-state index in [1.807, 2.05) is 0 Å². The first-order chi connectivity index (χ1) is 13.1. The van der Waals surface area contributed by atoms with Crippen LogP contribution in [0.5, 0.6) is 0 Å². The topological polar surface area (TPSA) is 71.1 Å². The third-order valence-electron chi connectivity index (χ3n) is 4.04. The van der Waals surface area contributed by atoms with Gasteiger partial charge in [0.2, 0.25) is 0 Å². The molecule has 2 aromatic carbocycles. The number of thiazole rings is 1. The molecule has 0 bridgehead atoms. The number of anilines is 1. The lowest BCUT2D eigenvalue weighted by Gasteiger charge is -2.09. The van der Waals surface area contributed by atoms with E-state index in [1.54, 1.807) is 47.3 Å². The van der Waals surface area contributed by atoms with Crippen molar-refractivity contribution < 1.29 is 14.0 Å². The molecule has 2 N–H and O–H groups in total. The summed E-state index contributed by atoms with van der Waals surface area (Å²) < 4.78 is 13.5. The zero-order chi connectivity index (χ0) is 18.8. The predicted octanol–water partition coefficient (Wildman–Crippen LogP) is 3.97. The number of halogens is 1. The van der Waals surface area contributed by atoms with Gasteiger partial charge in [0.05, 0.1) is 16.8 Å². The summed E-state index contributed by atoms with van der Waals surface area (Å²) in [4.78, 5) is 31.4. The minimum absolute atomic E-state index is 0.214.